The van der Waals surface area contributed by atoms with Crippen LogP contribution in [0.4, 0.5) is 5.69 Å². The summed E-state index contributed by atoms with van der Waals surface area (Å²) in [6, 6.07) is 6.96. The second-order valence-corrected chi connectivity index (χ2v) is 7.41. The van der Waals surface area contributed by atoms with Gasteiger partial charge in [0.25, 0.3) is 0 Å². The number of carbonyl (C=O) groups excluding carboxylic acids is 3. The van der Waals surface area contributed by atoms with Gasteiger partial charge in [-0.2, -0.15) is 0 Å². The summed E-state index contributed by atoms with van der Waals surface area (Å²) < 4.78 is 2.02. The number of benzene rings is 1. The van der Waals surface area contributed by atoms with E-state index in [0.717, 1.165) is 18.8 Å². The van der Waals surface area contributed by atoms with E-state index in [0.29, 0.717) is 17.8 Å². The number of nitrogens with zero attached hydrogens (tertiary/aromatic N) is 2. The topological polar surface area (TPSA) is 93.1 Å². The molecule has 1 fully saturated rings. The minimum atomic E-state index is -0.971. The van der Waals surface area contributed by atoms with Gasteiger partial charge in [-0.05, 0) is 25.5 Å². The maximum atomic E-state index is 13.0. The molecule has 3 atom stereocenters. The molecule has 0 radical (unpaired) electrons. The Morgan fingerprint density at radius 3 is 2.85 bits per heavy atom. The maximum Gasteiger partial charge on any atom is 0.229 e. The van der Waals surface area contributed by atoms with Crippen LogP contribution in [0, 0.1) is 24.2 Å². The number of Topliss-reactive ketones (excluding diaryl/α,β-unsaturated/α-hetero) is 1. The number of ketones is 1. The van der Waals surface area contributed by atoms with E-state index in [9.17, 15) is 14.4 Å². The zero-order chi connectivity index (χ0) is 19.2. The molecule has 2 heterocycles. The maximum absolute atomic E-state index is 13.0. The number of fused-ring (bicyclic) bond motifs is 2. The highest BCUT2D eigenvalue weighted by atomic mass is 16.2. The third-order valence-corrected chi connectivity index (χ3v) is 5.80. The van der Waals surface area contributed by atoms with E-state index in [-0.39, 0.29) is 17.6 Å². The van der Waals surface area contributed by atoms with Gasteiger partial charge in [-0.1, -0.05) is 19.1 Å². The van der Waals surface area contributed by atoms with Crippen LogP contribution in [0.1, 0.15) is 29.5 Å². The Balaban J connectivity index is 1.42. The summed E-state index contributed by atoms with van der Waals surface area (Å²) in [5.74, 6) is -0.936. The second kappa shape index (κ2) is 6.33. The van der Waals surface area contributed by atoms with Crippen LogP contribution in [-0.2, 0) is 16.1 Å². The van der Waals surface area contributed by atoms with Gasteiger partial charge in [0.2, 0.25) is 11.8 Å². The zero-order valence-corrected chi connectivity index (χ0v) is 15.4. The standard InChI is InChI=1S/C20H22N4O3/c1-12-21-9-11-24(12)10-5-8-22-18(26)15-16-19(27)23-14-7-4-3-6-13(14)17(25)20(15,16)2/h3-4,6-7,9,11,15-16H,5,8,10H2,1-2H3,(H,22,26)(H,23,27)/t15-,16-,20+/m0/s1. The molecule has 7 heteroatoms. The van der Waals surface area contributed by atoms with Crippen molar-refractivity contribution in [2.75, 3.05) is 11.9 Å². The molecule has 7 nitrogen and oxygen atoms in total. The van der Waals surface area contributed by atoms with E-state index in [4.69, 9.17) is 0 Å². The third-order valence-electron chi connectivity index (χ3n) is 5.80. The van der Waals surface area contributed by atoms with Gasteiger partial charge in [-0.3, -0.25) is 14.4 Å². The highest BCUT2D eigenvalue weighted by Crippen LogP contribution is 2.62. The Hall–Kier alpha value is -2.96. The van der Waals surface area contributed by atoms with Gasteiger partial charge in [0.1, 0.15) is 5.82 Å². The Morgan fingerprint density at radius 1 is 1.33 bits per heavy atom. The van der Waals surface area contributed by atoms with E-state index < -0.39 is 17.3 Å². The van der Waals surface area contributed by atoms with Gasteiger partial charge >= 0.3 is 0 Å². The predicted octanol–water partition coefficient (Wildman–Crippen LogP) is 1.79. The van der Waals surface area contributed by atoms with Gasteiger partial charge in [0, 0.05) is 31.0 Å². The monoisotopic (exact) mass is 366 g/mol. The molecule has 1 aliphatic heterocycles. The largest absolute Gasteiger partial charge is 0.356 e. The minimum Gasteiger partial charge on any atom is -0.356 e. The fourth-order valence-corrected chi connectivity index (χ4v) is 4.14. The van der Waals surface area contributed by atoms with Crippen molar-refractivity contribution >= 4 is 23.3 Å². The fraction of sp³-hybridized carbons (Fsp3) is 0.400. The molecular weight excluding hydrogens is 344 g/mol. The molecule has 0 spiro atoms. The van der Waals surface area contributed by atoms with Crippen molar-refractivity contribution in [1.82, 2.24) is 14.9 Å². The first-order chi connectivity index (χ1) is 12.9. The summed E-state index contributed by atoms with van der Waals surface area (Å²) in [5, 5.41) is 5.68. The number of para-hydroxylation sites is 1. The quantitative estimate of drug-likeness (QED) is 0.789. The lowest BCUT2D eigenvalue weighted by atomic mass is 9.92. The van der Waals surface area contributed by atoms with Crippen LogP contribution in [0.5, 0.6) is 0 Å². The Labute approximate surface area is 157 Å². The number of hydrogen-bond acceptors (Lipinski definition) is 4. The second-order valence-electron chi connectivity index (χ2n) is 7.41. The van der Waals surface area contributed by atoms with E-state index >= 15 is 0 Å². The van der Waals surface area contributed by atoms with Crippen LogP contribution in [-0.4, -0.2) is 33.7 Å². The molecule has 0 bridgehead atoms. The Kier molecular flexibility index (Phi) is 4.09. The fourth-order valence-electron chi connectivity index (χ4n) is 4.14. The van der Waals surface area contributed by atoms with E-state index in [1.54, 1.807) is 37.4 Å². The summed E-state index contributed by atoms with van der Waals surface area (Å²) in [5.41, 5.74) is 0.0272. The van der Waals surface area contributed by atoms with Crippen molar-refractivity contribution in [3.63, 3.8) is 0 Å². The number of amides is 2. The number of anilines is 1. The molecule has 2 aromatic rings. The van der Waals surface area contributed by atoms with Gasteiger partial charge in [0.15, 0.2) is 5.78 Å². The summed E-state index contributed by atoms with van der Waals surface area (Å²) in [7, 11) is 0. The molecule has 2 N–H and O–H groups in total. The first kappa shape index (κ1) is 17.5. The molecule has 2 amide bonds. The molecule has 27 heavy (non-hydrogen) atoms. The summed E-state index contributed by atoms with van der Waals surface area (Å²) in [4.78, 5) is 42.4. The van der Waals surface area contributed by atoms with Gasteiger partial charge < -0.3 is 15.2 Å². The molecule has 1 aliphatic carbocycles. The van der Waals surface area contributed by atoms with Crippen LogP contribution in [0.25, 0.3) is 0 Å². The molecule has 1 aromatic carbocycles. The van der Waals surface area contributed by atoms with E-state index in [1.165, 1.54) is 0 Å². The predicted molar refractivity (Wildman–Crippen MR) is 99.1 cm³/mol. The SMILES string of the molecule is Cc1nccn1CCCNC(=O)[C@@H]1[C@H]2C(=O)Nc3ccccc3C(=O)[C@]12C. The molecule has 1 aromatic heterocycles. The minimum absolute atomic E-state index is 0.143. The van der Waals surface area contributed by atoms with Crippen molar-refractivity contribution < 1.29 is 14.4 Å². The summed E-state index contributed by atoms with van der Waals surface area (Å²) in [6.45, 7) is 4.90. The van der Waals surface area contributed by atoms with E-state index in [1.807, 2.05) is 17.7 Å². The normalized spacial score (nSPS) is 25.9. The van der Waals surface area contributed by atoms with E-state index in [2.05, 4.69) is 15.6 Å². The van der Waals surface area contributed by atoms with Gasteiger partial charge in [0.05, 0.1) is 22.9 Å². The lowest BCUT2D eigenvalue weighted by Gasteiger charge is -2.13. The molecular formula is C20H22N4O3. The third kappa shape index (κ3) is 2.74. The molecule has 140 valence electrons. The van der Waals surface area contributed by atoms with Gasteiger partial charge in [-0.15, -0.1) is 0 Å². The summed E-state index contributed by atoms with van der Waals surface area (Å²) >= 11 is 0. The lowest BCUT2D eigenvalue weighted by molar-refractivity contribution is -0.125. The van der Waals surface area contributed by atoms with Gasteiger partial charge in [-0.25, -0.2) is 4.98 Å². The van der Waals surface area contributed by atoms with Crippen LogP contribution in [0.15, 0.2) is 36.7 Å². The molecule has 2 aliphatic rings. The number of nitrogens with one attached hydrogen (secondary N) is 2. The molecule has 1 saturated carbocycles. The molecule has 0 unspecified atom stereocenters. The van der Waals surface area contributed by atoms with Crippen molar-refractivity contribution in [3.05, 3.63) is 48.0 Å². The van der Waals surface area contributed by atoms with Crippen molar-refractivity contribution in [2.45, 2.75) is 26.8 Å². The number of carbonyl (C=O) groups is 3. The first-order valence-corrected chi connectivity index (χ1v) is 9.14. The highest BCUT2D eigenvalue weighted by Gasteiger charge is 2.73. The van der Waals surface area contributed by atoms with Crippen LogP contribution in [0.2, 0.25) is 0 Å². The summed E-state index contributed by atoms with van der Waals surface area (Å²) in [6.07, 6.45) is 4.40. The molecule has 4 rings (SSSR count). The lowest BCUT2D eigenvalue weighted by Crippen LogP contribution is -2.31. The van der Waals surface area contributed by atoms with Crippen LogP contribution in [0.3, 0.4) is 0 Å². The number of aryl methyl sites for hydroxylation is 2. The number of hydrogen-bond donors (Lipinski definition) is 2. The molecule has 0 saturated heterocycles. The Morgan fingerprint density at radius 2 is 2.11 bits per heavy atom. The van der Waals surface area contributed by atoms with Crippen molar-refractivity contribution in [2.24, 2.45) is 17.3 Å². The Bertz CT molecular complexity index is 935. The van der Waals surface area contributed by atoms with Crippen LogP contribution < -0.4 is 10.6 Å². The smallest absolute Gasteiger partial charge is 0.229 e. The number of imidazole rings is 1. The average Bonchev–Trinajstić information content (AvgIpc) is 3.12. The highest BCUT2D eigenvalue weighted by molar-refractivity contribution is 6.19. The van der Waals surface area contributed by atoms with Crippen molar-refractivity contribution in [1.29, 1.82) is 0 Å². The van der Waals surface area contributed by atoms with Crippen molar-refractivity contribution in [3.8, 4) is 0 Å². The van der Waals surface area contributed by atoms with Crippen LogP contribution >= 0.6 is 0 Å². The zero-order valence-electron chi connectivity index (χ0n) is 15.4. The first-order valence-electron chi connectivity index (χ1n) is 9.14. The number of aromatic nitrogens is 2. The number of rotatable bonds is 5. The average molecular weight is 366 g/mol.